The van der Waals surface area contributed by atoms with E-state index in [0.29, 0.717) is 31.0 Å². The van der Waals surface area contributed by atoms with Crippen LogP contribution in [0.2, 0.25) is 0 Å². The van der Waals surface area contributed by atoms with Gasteiger partial charge in [-0.05, 0) is 29.2 Å². The minimum absolute atomic E-state index is 0.0490. The van der Waals surface area contributed by atoms with Crippen molar-refractivity contribution in [1.29, 1.82) is 0 Å². The molecule has 0 bridgehead atoms. The van der Waals surface area contributed by atoms with Gasteiger partial charge >= 0.3 is 0 Å². The molecule has 0 atom stereocenters. The number of carbonyl (C=O) groups excluding carboxylic acids is 1. The largest absolute Gasteiger partial charge is 0.494 e. The molecule has 3 rings (SSSR count). The first kappa shape index (κ1) is 15.4. The fourth-order valence-corrected chi connectivity index (χ4v) is 2.91. The summed E-state index contributed by atoms with van der Waals surface area (Å²) >= 11 is 0. The van der Waals surface area contributed by atoms with Crippen LogP contribution in [0.3, 0.4) is 0 Å². The molecule has 0 aliphatic carbocycles. The molecular formula is C17H19N3O3. The van der Waals surface area contributed by atoms with Gasteiger partial charge in [0.25, 0.3) is 5.91 Å². The van der Waals surface area contributed by atoms with E-state index in [0.717, 1.165) is 17.5 Å². The molecule has 0 saturated carbocycles. The van der Waals surface area contributed by atoms with Crippen LogP contribution in [0.25, 0.3) is 0 Å². The molecule has 2 aromatic heterocycles. The lowest BCUT2D eigenvalue weighted by molar-refractivity contribution is 0.0730. The number of methoxy groups -OCH3 is 2. The van der Waals surface area contributed by atoms with E-state index in [1.54, 1.807) is 32.7 Å². The zero-order valence-electron chi connectivity index (χ0n) is 13.3. The minimum Gasteiger partial charge on any atom is -0.494 e. The van der Waals surface area contributed by atoms with Gasteiger partial charge in [-0.2, -0.15) is 0 Å². The molecule has 0 radical (unpaired) electrons. The number of aromatic nitrogens is 2. The third kappa shape index (κ3) is 3.03. The smallest absolute Gasteiger partial charge is 0.258 e. The third-order valence-corrected chi connectivity index (χ3v) is 4.05. The van der Waals surface area contributed by atoms with Gasteiger partial charge in [0.05, 0.1) is 25.5 Å². The maximum Gasteiger partial charge on any atom is 0.258 e. The van der Waals surface area contributed by atoms with Gasteiger partial charge in [0.1, 0.15) is 5.75 Å². The van der Waals surface area contributed by atoms with Crippen molar-refractivity contribution in [3.63, 3.8) is 0 Å². The van der Waals surface area contributed by atoms with E-state index in [2.05, 4.69) is 9.97 Å². The predicted molar refractivity (Wildman–Crippen MR) is 84.2 cm³/mol. The fraction of sp³-hybridized carbons (Fsp3) is 0.353. The molecule has 1 aliphatic heterocycles. The van der Waals surface area contributed by atoms with Crippen molar-refractivity contribution in [3.05, 3.63) is 53.1 Å². The Hall–Kier alpha value is -2.47. The molecule has 0 spiro atoms. The lowest BCUT2D eigenvalue weighted by Crippen LogP contribution is -2.36. The van der Waals surface area contributed by atoms with E-state index in [-0.39, 0.29) is 5.91 Å². The van der Waals surface area contributed by atoms with Crippen LogP contribution in [0, 0.1) is 0 Å². The van der Waals surface area contributed by atoms with Crippen molar-refractivity contribution in [2.45, 2.75) is 19.6 Å². The molecule has 23 heavy (non-hydrogen) atoms. The van der Waals surface area contributed by atoms with Gasteiger partial charge in [0, 0.05) is 38.8 Å². The molecule has 0 aromatic carbocycles. The summed E-state index contributed by atoms with van der Waals surface area (Å²) in [6, 6.07) is 1.69. The number of amides is 1. The number of rotatable bonds is 4. The Morgan fingerprint density at radius 1 is 1.26 bits per heavy atom. The number of carbonyl (C=O) groups is 1. The SMILES string of the molecule is COCc1cncc2c1CCN(C(=O)c1ccncc1OC)C2. The zero-order chi connectivity index (χ0) is 16.2. The Morgan fingerprint density at radius 3 is 2.91 bits per heavy atom. The second-order valence-corrected chi connectivity index (χ2v) is 5.42. The number of fused-ring (bicyclic) bond motifs is 1. The van der Waals surface area contributed by atoms with Crippen LogP contribution in [-0.2, 0) is 24.3 Å². The van der Waals surface area contributed by atoms with Gasteiger partial charge < -0.3 is 14.4 Å². The van der Waals surface area contributed by atoms with Crippen molar-refractivity contribution in [2.24, 2.45) is 0 Å². The molecule has 1 amide bonds. The molecule has 1 aliphatic rings. The second-order valence-electron chi connectivity index (χ2n) is 5.42. The third-order valence-electron chi connectivity index (χ3n) is 4.05. The van der Waals surface area contributed by atoms with Crippen LogP contribution in [0.5, 0.6) is 5.75 Å². The Labute approximate surface area is 135 Å². The maximum atomic E-state index is 12.8. The van der Waals surface area contributed by atoms with E-state index in [1.807, 2.05) is 17.3 Å². The molecule has 0 unspecified atom stereocenters. The first-order valence-corrected chi connectivity index (χ1v) is 7.45. The van der Waals surface area contributed by atoms with Crippen LogP contribution in [0.4, 0.5) is 0 Å². The molecule has 6 heteroatoms. The topological polar surface area (TPSA) is 64.5 Å². The average molecular weight is 313 g/mol. The molecule has 120 valence electrons. The summed E-state index contributed by atoms with van der Waals surface area (Å²) in [5.41, 5.74) is 3.95. The van der Waals surface area contributed by atoms with Gasteiger partial charge in [0.15, 0.2) is 0 Å². The summed E-state index contributed by atoms with van der Waals surface area (Å²) < 4.78 is 10.5. The highest BCUT2D eigenvalue weighted by Crippen LogP contribution is 2.25. The number of hydrogen-bond donors (Lipinski definition) is 0. The summed E-state index contributed by atoms with van der Waals surface area (Å²) in [7, 11) is 3.22. The normalized spacial score (nSPS) is 13.6. The van der Waals surface area contributed by atoms with Crippen molar-refractivity contribution >= 4 is 5.91 Å². The highest BCUT2D eigenvalue weighted by Gasteiger charge is 2.25. The molecular weight excluding hydrogens is 294 g/mol. The fourth-order valence-electron chi connectivity index (χ4n) is 2.91. The summed E-state index contributed by atoms with van der Waals surface area (Å²) in [5.74, 6) is 0.446. The van der Waals surface area contributed by atoms with E-state index < -0.39 is 0 Å². The number of pyridine rings is 2. The standard InChI is InChI=1S/C17H19N3O3/c1-22-11-13-8-19-7-12-10-20(6-4-14(12)13)17(21)15-3-5-18-9-16(15)23-2/h3,5,7-9H,4,6,10-11H2,1-2H3. The molecule has 0 N–H and O–H groups in total. The molecule has 0 fully saturated rings. The number of hydrogen-bond acceptors (Lipinski definition) is 5. The van der Waals surface area contributed by atoms with Crippen LogP contribution in [0.15, 0.2) is 30.9 Å². The molecule has 6 nitrogen and oxygen atoms in total. The van der Waals surface area contributed by atoms with Gasteiger partial charge in [-0.15, -0.1) is 0 Å². The molecule has 3 heterocycles. The highest BCUT2D eigenvalue weighted by atomic mass is 16.5. The predicted octanol–water partition coefficient (Wildman–Crippen LogP) is 1.83. The first-order valence-electron chi connectivity index (χ1n) is 7.45. The lowest BCUT2D eigenvalue weighted by Gasteiger charge is -2.30. The Morgan fingerprint density at radius 2 is 2.13 bits per heavy atom. The molecule has 0 saturated heterocycles. The van der Waals surface area contributed by atoms with Crippen molar-refractivity contribution < 1.29 is 14.3 Å². The van der Waals surface area contributed by atoms with Crippen molar-refractivity contribution in [3.8, 4) is 5.75 Å². The number of nitrogens with zero attached hydrogens (tertiary/aromatic N) is 3. The van der Waals surface area contributed by atoms with Gasteiger partial charge in [-0.1, -0.05) is 0 Å². The highest BCUT2D eigenvalue weighted by molar-refractivity contribution is 5.96. The van der Waals surface area contributed by atoms with E-state index in [9.17, 15) is 4.79 Å². The lowest BCUT2D eigenvalue weighted by atomic mass is 9.97. The maximum absolute atomic E-state index is 12.8. The Bertz CT molecular complexity index is 718. The molecule has 2 aromatic rings. The van der Waals surface area contributed by atoms with Crippen LogP contribution >= 0.6 is 0 Å². The van der Waals surface area contributed by atoms with Gasteiger partial charge in [-0.25, -0.2) is 0 Å². The van der Waals surface area contributed by atoms with Gasteiger partial charge in [-0.3, -0.25) is 14.8 Å². The average Bonchev–Trinajstić information content (AvgIpc) is 2.61. The van der Waals surface area contributed by atoms with Crippen molar-refractivity contribution in [2.75, 3.05) is 20.8 Å². The quantitative estimate of drug-likeness (QED) is 0.861. The van der Waals surface area contributed by atoms with E-state index in [4.69, 9.17) is 9.47 Å². The van der Waals surface area contributed by atoms with Crippen molar-refractivity contribution in [1.82, 2.24) is 14.9 Å². The summed E-state index contributed by atoms with van der Waals surface area (Å²) in [6.07, 6.45) is 7.63. The second kappa shape index (κ2) is 6.75. The summed E-state index contributed by atoms with van der Waals surface area (Å²) in [6.45, 7) is 1.75. The number of ether oxygens (including phenoxy) is 2. The van der Waals surface area contributed by atoms with Crippen LogP contribution in [0.1, 0.15) is 27.0 Å². The Kier molecular flexibility index (Phi) is 4.52. The van der Waals surface area contributed by atoms with Crippen LogP contribution < -0.4 is 4.74 Å². The van der Waals surface area contributed by atoms with E-state index in [1.165, 1.54) is 5.56 Å². The summed E-state index contributed by atoms with van der Waals surface area (Å²) in [5, 5.41) is 0. The van der Waals surface area contributed by atoms with E-state index >= 15 is 0 Å². The zero-order valence-corrected chi connectivity index (χ0v) is 13.3. The Balaban J connectivity index is 1.85. The van der Waals surface area contributed by atoms with Crippen LogP contribution in [-0.4, -0.2) is 41.5 Å². The monoisotopic (exact) mass is 313 g/mol. The minimum atomic E-state index is -0.0490. The summed E-state index contributed by atoms with van der Waals surface area (Å²) in [4.78, 5) is 22.8. The van der Waals surface area contributed by atoms with Gasteiger partial charge in [0.2, 0.25) is 0 Å². The first-order chi connectivity index (χ1) is 11.2.